The Morgan fingerprint density at radius 3 is 2.68 bits per heavy atom. The molecule has 0 bridgehead atoms. The fourth-order valence-electron chi connectivity index (χ4n) is 1.77. The third kappa shape index (κ3) is 4.24. The number of amides is 1. The largest absolute Gasteiger partial charge is 0.481 e. The number of hydrogen-bond acceptors (Lipinski definition) is 4. The van der Waals surface area contributed by atoms with Crippen LogP contribution in [0.1, 0.15) is 35.8 Å². The average molecular weight is 265 g/mol. The van der Waals surface area contributed by atoms with Crippen molar-refractivity contribution in [2.75, 3.05) is 11.9 Å². The number of carbonyl (C=O) groups is 2. The number of nitrogens with two attached hydrogens (primary N) is 1. The second-order valence-electron chi connectivity index (χ2n) is 4.42. The standard InChI is InChI=1S/C13H19N3O3/c1-3-4-9(13(18)19)7-15-12-10(11(14)17)6-5-8(2)16-12/h5-6,9H,3-4,7H2,1-2H3,(H2,14,17)(H,15,16)(H,18,19). The molecule has 104 valence electrons. The van der Waals surface area contributed by atoms with Gasteiger partial charge in [0.15, 0.2) is 0 Å². The van der Waals surface area contributed by atoms with Gasteiger partial charge in [-0.3, -0.25) is 9.59 Å². The molecule has 0 saturated heterocycles. The lowest BCUT2D eigenvalue weighted by Crippen LogP contribution is -2.24. The summed E-state index contributed by atoms with van der Waals surface area (Å²) in [5.74, 6) is -1.61. The van der Waals surface area contributed by atoms with E-state index in [1.54, 1.807) is 19.1 Å². The van der Waals surface area contributed by atoms with Crippen molar-refractivity contribution in [1.29, 1.82) is 0 Å². The minimum absolute atomic E-state index is 0.222. The van der Waals surface area contributed by atoms with E-state index in [0.717, 1.165) is 12.1 Å². The minimum atomic E-state index is -0.859. The van der Waals surface area contributed by atoms with Crippen LogP contribution in [0.15, 0.2) is 12.1 Å². The second-order valence-corrected chi connectivity index (χ2v) is 4.42. The van der Waals surface area contributed by atoms with Crippen LogP contribution < -0.4 is 11.1 Å². The summed E-state index contributed by atoms with van der Waals surface area (Å²) in [6.45, 7) is 3.94. The number of aliphatic carboxylic acids is 1. The van der Waals surface area contributed by atoms with Gasteiger partial charge in [0, 0.05) is 12.2 Å². The normalized spacial score (nSPS) is 11.9. The van der Waals surface area contributed by atoms with E-state index < -0.39 is 17.8 Å². The van der Waals surface area contributed by atoms with E-state index in [1.807, 2.05) is 6.92 Å². The van der Waals surface area contributed by atoms with Crippen molar-refractivity contribution in [3.05, 3.63) is 23.4 Å². The molecule has 6 heteroatoms. The molecule has 0 saturated carbocycles. The molecule has 0 aliphatic rings. The molecule has 1 rings (SSSR count). The molecule has 0 radical (unpaired) electrons. The molecule has 1 aromatic rings. The Balaban J connectivity index is 2.83. The van der Waals surface area contributed by atoms with Gasteiger partial charge in [-0.25, -0.2) is 4.98 Å². The predicted octanol–water partition coefficient (Wildman–Crippen LogP) is 1.40. The number of carboxylic acid groups (broad SMARTS) is 1. The number of aryl methyl sites for hydroxylation is 1. The molecular formula is C13H19N3O3. The third-order valence-corrected chi connectivity index (χ3v) is 2.80. The third-order valence-electron chi connectivity index (χ3n) is 2.80. The number of pyridine rings is 1. The number of carboxylic acids is 1. The number of carbonyl (C=O) groups excluding carboxylic acids is 1. The molecule has 1 heterocycles. The van der Waals surface area contributed by atoms with Crippen LogP contribution in [0.2, 0.25) is 0 Å². The van der Waals surface area contributed by atoms with Crippen LogP contribution in [0, 0.1) is 12.8 Å². The minimum Gasteiger partial charge on any atom is -0.481 e. The Morgan fingerprint density at radius 1 is 1.47 bits per heavy atom. The number of anilines is 1. The molecule has 4 N–H and O–H groups in total. The molecule has 0 aromatic carbocycles. The zero-order valence-electron chi connectivity index (χ0n) is 11.1. The van der Waals surface area contributed by atoms with Crippen molar-refractivity contribution in [3.8, 4) is 0 Å². The maximum absolute atomic E-state index is 11.3. The van der Waals surface area contributed by atoms with Gasteiger partial charge in [-0.05, 0) is 25.5 Å². The molecule has 1 atom stereocenters. The molecule has 6 nitrogen and oxygen atoms in total. The topological polar surface area (TPSA) is 105 Å². The van der Waals surface area contributed by atoms with Crippen LogP contribution in [-0.4, -0.2) is 28.5 Å². The first-order valence-electron chi connectivity index (χ1n) is 6.19. The van der Waals surface area contributed by atoms with Crippen LogP contribution >= 0.6 is 0 Å². The summed E-state index contributed by atoms with van der Waals surface area (Å²) in [4.78, 5) is 26.5. The molecule has 1 unspecified atom stereocenters. The van der Waals surface area contributed by atoms with Gasteiger partial charge in [-0.2, -0.15) is 0 Å². The molecular weight excluding hydrogens is 246 g/mol. The monoisotopic (exact) mass is 265 g/mol. The number of aromatic nitrogens is 1. The van der Waals surface area contributed by atoms with E-state index in [9.17, 15) is 9.59 Å². The highest BCUT2D eigenvalue weighted by Crippen LogP contribution is 2.15. The number of rotatable bonds is 7. The van der Waals surface area contributed by atoms with Gasteiger partial charge < -0.3 is 16.2 Å². The smallest absolute Gasteiger partial charge is 0.308 e. The zero-order valence-corrected chi connectivity index (χ0v) is 11.1. The highest BCUT2D eigenvalue weighted by atomic mass is 16.4. The molecule has 1 amide bonds. The number of primary amides is 1. The Bertz CT molecular complexity index is 474. The lowest BCUT2D eigenvalue weighted by atomic mass is 10.0. The van der Waals surface area contributed by atoms with Crippen LogP contribution in [0.5, 0.6) is 0 Å². The highest BCUT2D eigenvalue weighted by molar-refractivity contribution is 5.97. The molecule has 19 heavy (non-hydrogen) atoms. The van der Waals surface area contributed by atoms with Crippen LogP contribution in [0.25, 0.3) is 0 Å². The number of nitrogens with one attached hydrogen (secondary N) is 1. The van der Waals surface area contributed by atoms with Crippen LogP contribution in [0.4, 0.5) is 5.82 Å². The van der Waals surface area contributed by atoms with Gasteiger partial charge in [0.05, 0.1) is 11.5 Å². The summed E-state index contributed by atoms with van der Waals surface area (Å²) < 4.78 is 0. The summed E-state index contributed by atoms with van der Waals surface area (Å²) in [5.41, 5.74) is 6.26. The van der Waals surface area contributed by atoms with Crippen LogP contribution in [-0.2, 0) is 4.79 Å². The van der Waals surface area contributed by atoms with E-state index >= 15 is 0 Å². The van der Waals surface area contributed by atoms with Gasteiger partial charge in [0.25, 0.3) is 5.91 Å². The van der Waals surface area contributed by atoms with Crippen LogP contribution in [0.3, 0.4) is 0 Å². The molecule has 0 spiro atoms. The van der Waals surface area contributed by atoms with Gasteiger partial charge in [0.2, 0.25) is 0 Å². The van der Waals surface area contributed by atoms with Gasteiger partial charge in [-0.1, -0.05) is 13.3 Å². The molecule has 1 aromatic heterocycles. The summed E-state index contributed by atoms with van der Waals surface area (Å²) in [5, 5.41) is 12.0. The fraction of sp³-hybridized carbons (Fsp3) is 0.462. The van der Waals surface area contributed by atoms with Crippen molar-refractivity contribution in [1.82, 2.24) is 4.98 Å². The van der Waals surface area contributed by atoms with Crippen molar-refractivity contribution in [3.63, 3.8) is 0 Å². The summed E-state index contributed by atoms with van der Waals surface area (Å²) in [6.07, 6.45) is 1.35. The van der Waals surface area contributed by atoms with E-state index in [2.05, 4.69) is 10.3 Å². The maximum Gasteiger partial charge on any atom is 0.308 e. The Labute approximate surface area is 112 Å². The van der Waals surface area contributed by atoms with E-state index in [0.29, 0.717) is 12.2 Å². The second kappa shape index (κ2) is 6.72. The van der Waals surface area contributed by atoms with E-state index in [-0.39, 0.29) is 12.1 Å². The highest BCUT2D eigenvalue weighted by Gasteiger charge is 2.17. The zero-order chi connectivity index (χ0) is 14.4. The number of nitrogens with zero attached hydrogens (tertiary/aromatic N) is 1. The Morgan fingerprint density at radius 2 is 2.16 bits per heavy atom. The first-order valence-corrected chi connectivity index (χ1v) is 6.19. The summed E-state index contributed by atoms with van der Waals surface area (Å²) in [7, 11) is 0. The van der Waals surface area contributed by atoms with E-state index in [4.69, 9.17) is 10.8 Å². The summed E-state index contributed by atoms with van der Waals surface area (Å²) >= 11 is 0. The maximum atomic E-state index is 11.3. The van der Waals surface area contributed by atoms with Gasteiger partial charge >= 0.3 is 5.97 Å². The van der Waals surface area contributed by atoms with Crippen molar-refractivity contribution < 1.29 is 14.7 Å². The van der Waals surface area contributed by atoms with Crippen molar-refractivity contribution in [2.24, 2.45) is 11.7 Å². The molecule has 0 aliphatic heterocycles. The van der Waals surface area contributed by atoms with Gasteiger partial charge in [0.1, 0.15) is 5.82 Å². The lowest BCUT2D eigenvalue weighted by Gasteiger charge is -2.14. The number of hydrogen-bond donors (Lipinski definition) is 3. The SMILES string of the molecule is CCCC(CNc1nc(C)ccc1C(N)=O)C(=O)O. The van der Waals surface area contributed by atoms with E-state index in [1.165, 1.54) is 0 Å². The predicted molar refractivity (Wildman–Crippen MR) is 72.0 cm³/mol. The van der Waals surface area contributed by atoms with Crippen molar-refractivity contribution >= 4 is 17.7 Å². The fourth-order valence-corrected chi connectivity index (χ4v) is 1.77. The first kappa shape index (κ1) is 14.9. The average Bonchev–Trinajstić information content (AvgIpc) is 2.33. The van der Waals surface area contributed by atoms with Crippen molar-refractivity contribution in [2.45, 2.75) is 26.7 Å². The first-order chi connectivity index (χ1) is 8.95. The molecule has 0 fully saturated rings. The lowest BCUT2D eigenvalue weighted by molar-refractivity contribution is -0.141. The van der Waals surface area contributed by atoms with Gasteiger partial charge in [-0.15, -0.1) is 0 Å². The Kier molecular flexibility index (Phi) is 5.29. The quantitative estimate of drug-likeness (QED) is 0.691. The molecule has 0 aliphatic carbocycles. The Hall–Kier alpha value is -2.11. The summed E-state index contributed by atoms with van der Waals surface area (Å²) in [6, 6.07) is 3.27.